The zero-order valence-electron chi connectivity index (χ0n) is 44.7. The molecule has 0 bridgehead atoms. The molecule has 0 atom stereocenters. The lowest BCUT2D eigenvalue weighted by atomic mass is 10.0. The van der Waals surface area contributed by atoms with Crippen LogP contribution in [0.2, 0.25) is 0 Å². The average Bonchev–Trinajstić information content (AvgIpc) is 4.36. The first kappa shape index (κ1) is 64.7. The predicted molar refractivity (Wildman–Crippen MR) is 296 cm³/mol. The number of morpholine rings is 1. The molecule has 5 nitrogen and oxygen atoms in total. The minimum atomic E-state index is 0.889. The molecule has 0 radical (unpaired) electrons. The number of benzene rings is 3. The molecule has 6 aliphatic rings. The Hall–Kier alpha value is -3.35. The lowest BCUT2D eigenvalue weighted by molar-refractivity contribution is 0.109. The van der Waals surface area contributed by atoms with Crippen LogP contribution in [-0.4, -0.2) is 69.4 Å². The van der Waals surface area contributed by atoms with Gasteiger partial charge in [0, 0.05) is 51.7 Å². The first-order valence-corrected chi connectivity index (χ1v) is 27.2. The summed E-state index contributed by atoms with van der Waals surface area (Å²) in [4.78, 5) is 6.11. The number of aromatic nitrogens is 1. The third-order valence-electron chi connectivity index (χ3n) is 10.9. The van der Waals surface area contributed by atoms with Crippen LogP contribution in [0.1, 0.15) is 176 Å². The van der Waals surface area contributed by atoms with Gasteiger partial charge in [0.25, 0.3) is 0 Å². The van der Waals surface area contributed by atoms with Crippen LogP contribution in [-0.2, 0) is 17.6 Å². The molecule has 4 saturated carbocycles. The molecular weight excluding hydrogens is 805 g/mol. The lowest BCUT2D eigenvalue weighted by Gasteiger charge is -2.21. The third-order valence-corrected chi connectivity index (χ3v) is 10.9. The molecule has 376 valence electrons. The molecule has 0 amide bonds. The van der Waals surface area contributed by atoms with Crippen molar-refractivity contribution in [2.75, 3.05) is 59.5 Å². The zero-order chi connectivity index (χ0) is 48.7. The molecule has 5 heteroatoms. The number of aryl methyl sites for hydroxylation is 2. The van der Waals surface area contributed by atoms with E-state index in [4.69, 9.17) is 4.74 Å². The van der Waals surface area contributed by atoms with Crippen LogP contribution in [0.4, 0.5) is 0 Å². The summed E-state index contributed by atoms with van der Waals surface area (Å²) in [5.74, 6) is 2.22. The van der Waals surface area contributed by atoms with Crippen LogP contribution in [0.3, 0.4) is 0 Å². The van der Waals surface area contributed by atoms with Crippen LogP contribution in [0.5, 0.6) is 0 Å². The van der Waals surface area contributed by atoms with Gasteiger partial charge >= 0.3 is 0 Å². The van der Waals surface area contributed by atoms with E-state index in [0.29, 0.717) is 0 Å². The van der Waals surface area contributed by atoms with E-state index in [0.717, 1.165) is 57.6 Å². The Bertz CT molecular complexity index is 1220. The third kappa shape index (κ3) is 55.0. The highest BCUT2D eigenvalue weighted by Gasteiger charge is 2.17. The number of rotatable bonds is 4. The van der Waals surface area contributed by atoms with Crippen LogP contribution < -0.4 is 10.6 Å². The smallest absolute Gasteiger partial charge is 0.0591 e. The van der Waals surface area contributed by atoms with Gasteiger partial charge in [-0.25, -0.2) is 0 Å². The number of nitrogens with one attached hydrogen (secondary N) is 2. The number of hydrogen-bond donors (Lipinski definition) is 2. The molecule has 2 N–H and O–H groups in total. The SMILES string of the molecule is C1CCCC1.C1CCCCC1.C1COCCN1.CC.CC.CC1CC1.CCC1CC1.CCCc1ccccc1.CCc1ccccc1.CN1CCNCC1.c1ccccc1.c1ccncc1. The van der Waals surface area contributed by atoms with Crippen molar-refractivity contribution in [1.82, 2.24) is 20.5 Å². The van der Waals surface area contributed by atoms with Gasteiger partial charge in [0.2, 0.25) is 0 Å². The van der Waals surface area contributed by atoms with Gasteiger partial charge in [-0.3, -0.25) is 4.98 Å². The maximum Gasteiger partial charge on any atom is 0.0591 e. The summed E-state index contributed by atoms with van der Waals surface area (Å²) in [6.07, 6.45) is 31.0. The van der Waals surface area contributed by atoms with E-state index >= 15 is 0 Å². The average molecular weight is 912 g/mol. The Labute approximate surface area is 411 Å². The van der Waals surface area contributed by atoms with Gasteiger partial charge in [-0.05, 0) is 55.0 Å². The fourth-order valence-electron chi connectivity index (χ4n) is 6.27. The highest BCUT2D eigenvalue weighted by molar-refractivity contribution is 5.14. The summed E-state index contributed by atoms with van der Waals surface area (Å²) in [6.45, 7) is 25.5. The fourth-order valence-corrected chi connectivity index (χ4v) is 6.27. The molecule has 3 aromatic carbocycles. The van der Waals surface area contributed by atoms with E-state index in [1.165, 1.54) is 140 Å². The first-order chi connectivity index (χ1) is 32.6. The highest BCUT2D eigenvalue weighted by Crippen LogP contribution is 2.31. The molecule has 0 spiro atoms. The number of pyridine rings is 1. The van der Waals surface area contributed by atoms with E-state index in [2.05, 4.69) is 110 Å². The Balaban J connectivity index is 0. The second-order valence-electron chi connectivity index (χ2n) is 17.1. The minimum Gasteiger partial charge on any atom is -0.379 e. The molecule has 3 heterocycles. The van der Waals surface area contributed by atoms with Crippen molar-refractivity contribution in [3.8, 4) is 0 Å². The summed E-state index contributed by atoms with van der Waals surface area (Å²) in [5.41, 5.74) is 2.85. The first-order valence-electron chi connectivity index (χ1n) is 27.2. The van der Waals surface area contributed by atoms with E-state index in [1.807, 2.05) is 88.4 Å². The molecule has 4 aromatic rings. The quantitative estimate of drug-likeness (QED) is 0.214. The van der Waals surface area contributed by atoms with E-state index in [-0.39, 0.29) is 0 Å². The number of piperazine rings is 1. The standard InChI is InChI=1S/C9H12.C8H10.C6H12.C6H6.C5H12N2.C5H5N.2C5H10.C4H9NO.C4H8.2C2H6/c1-2-6-9-7-4-3-5-8-9;1-2-8-6-4-3-5-7-8;2*1-2-4-6-5-3-1;1-7-4-2-6-3-5-7;1-2-4-6-5-3-1;1-2-5-3-4-5;1-2-4-5-3-1;1-3-6-4-2-5-1;1-4-2-3-4;2*1-2/h3-5,7-8H,2,6H2,1H3;3-7H,2H2,1H3;1-6H2;1-6H;6H,2-5H2,1H3;1-5H;5H,2-4H2,1H3;1-5H2;5H,1-4H2;4H,2-3H2,1H3;2*1-2H3. The monoisotopic (exact) mass is 911 g/mol. The Kier molecular flexibility index (Phi) is 54.9. The van der Waals surface area contributed by atoms with Crippen LogP contribution in [0, 0.1) is 11.8 Å². The Morgan fingerprint density at radius 3 is 1.03 bits per heavy atom. The van der Waals surface area contributed by atoms with Crippen molar-refractivity contribution in [3.05, 3.63) is 139 Å². The number of ether oxygens (including phenoxy) is 1. The Morgan fingerprint density at radius 1 is 0.500 bits per heavy atom. The van der Waals surface area contributed by atoms with Gasteiger partial charge in [0.05, 0.1) is 13.2 Å². The fraction of sp³-hybridized carbons (Fsp3) is 0.623. The molecule has 6 fully saturated rings. The van der Waals surface area contributed by atoms with Gasteiger partial charge in [-0.1, -0.05) is 268 Å². The summed E-state index contributed by atoms with van der Waals surface area (Å²) >= 11 is 0. The van der Waals surface area contributed by atoms with Gasteiger partial charge in [0.15, 0.2) is 0 Å². The molecule has 2 saturated heterocycles. The van der Waals surface area contributed by atoms with Gasteiger partial charge < -0.3 is 20.3 Å². The van der Waals surface area contributed by atoms with Gasteiger partial charge in [-0.15, -0.1) is 0 Å². The number of nitrogens with zero attached hydrogens (tertiary/aromatic N) is 2. The Morgan fingerprint density at radius 2 is 0.848 bits per heavy atom. The second kappa shape index (κ2) is 56.0. The maximum absolute atomic E-state index is 5.01. The normalized spacial score (nSPS) is 16.3. The van der Waals surface area contributed by atoms with E-state index in [9.17, 15) is 0 Å². The molecular formula is C61H106N4O. The van der Waals surface area contributed by atoms with Crippen LogP contribution in [0.25, 0.3) is 0 Å². The predicted octanol–water partition coefficient (Wildman–Crippen LogP) is 16.4. The van der Waals surface area contributed by atoms with Gasteiger partial charge in [-0.2, -0.15) is 0 Å². The maximum atomic E-state index is 5.01. The van der Waals surface area contributed by atoms with Crippen LogP contribution in [0.15, 0.2) is 128 Å². The van der Waals surface area contributed by atoms with Crippen molar-refractivity contribution >= 4 is 0 Å². The van der Waals surface area contributed by atoms with Crippen molar-refractivity contribution in [3.63, 3.8) is 0 Å². The van der Waals surface area contributed by atoms with Crippen molar-refractivity contribution < 1.29 is 4.74 Å². The number of likely N-dealkylation sites (N-methyl/N-ethyl adjacent to an activating group) is 1. The molecule has 4 aliphatic carbocycles. The molecule has 2 aliphatic heterocycles. The summed E-state index contributed by atoms with van der Waals surface area (Å²) in [5, 5.41) is 6.43. The van der Waals surface area contributed by atoms with Crippen molar-refractivity contribution in [2.45, 2.75) is 177 Å². The van der Waals surface area contributed by atoms with Crippen molar-refractivity contribution in [1.29, 1.82) is 0 Å². The lowest BCUT2D eigenvalue weighted by Crippen LogP contribution is -2.40. The topological polar surface area (TPSA) is 49.4 Å². The number of hydrogen-bond acceptors (Lipinski definition) is 5. The summed E-state index contributed by atoms with van der Waals surface area (Å²) < 4.78 is 5.01. The summed E-state index contributed by atoms with van der Waals surface area (Å²) in [7, 11) is 2.15. The highest BCUT2D eigenvalue weighted by atomic mass is 16.5. The molecule has 10 rings (SSSR count). The second-order valence-corrected chi connectivity index (χ2v) is 17.1. The molecule has 0 unspecified atom stereocenters. The van der Waals surface area contributed by atoms with E-state index in [1.54, 1.807) is 12.4 Å². The van der Waals surface area contributed by atoms with Crippen LogP contribution >= 0.6 is 0 Å². The molecule has 1 aromatic heterocycles. The van der Waals surface area contributed by atoms with Gasteiger partial charge in [0.1, 0.15) is 0 Å². The largest absolute Gasteiger partial charge is 0.379 e. The molecule has 66 heavy (non-hydrogen) atoms. The summed E-state index contributed by atoms with van der Waals surface area (Å²) in [6, 6.07) is 38.7. The van der Waals surface area contributed by atoms with Crippen molar-refractivity contribution in [2.24, 2.45) is 11.8 Å². The van der Waals surface area contributed by atoms with E-state index < -0.39 is 0 Å². The minimum absolute atomic E-state index is 0.889. The zero-order valence-corrected chi connectivity index (χ0v) is 44.7.